The quantitative estimate of drug-likeness (QED) is 0.865. The van der Waals surface area contributed by atoms with Crippen LogP contribution in [-0.4, -0.2) is 29.1 Å². The molecule has 1 aromatic rings. The van der Waals surface area contributed by atoms with E-state index in [1.165, 1.54) is 3.57 Å². The minimum absolute atomic E-state index is 0.454. The number of aliphatic carboxylic acids is 1. The van der Waals surface area contributed by atoms with Crippen LogP contribution < -0.4 is 0 Å². The molecule has 1 atom stereocenters. The average Bonchev–Trinajstić information content (AvgIpc) is 2.20. The van der Waals surface area contributed by atoms with Gasteiger partial charge in [-0.2, -0.15) is 0 Å². The second-order valence-electron chi connectivity index (χ2n) is 3.56. The van der Waals surface area contributed by atoms with Crippen LogP contribution >= 0.6 is 22.6 Å². The van der Waals surface area contributed by atoms with Crippen molar-refractivity contribution in [3.63, 3.8) is 0 Å². The number of rotatable bonds is 4. The normalized spacial score (nSPS) is 12.8. The van der Waals surface area contributed by atoms with Crippen molar-refractivity contribution in [3.05, 3.63) is 33.4 Å². The molecule has 1 rings (SSSR count). The summed E-state index contributed by atoms with van der Waals surface area (Å²) in [7, 11) is 1.82. The zero-order valence-electron chi connectivity index (χ0n) is 8.77. The summed E-state index contributed by atoms with van der Waals surface area (Å²) in [5, 5.41) is 8.83. The van der Waals surface area contributed by atoms with Crippen molar-refractivity contribution in [1.82, 2.24) is 4.90 Å². The van der Waals surface area contributed by atoms with Crippen LogP contribution in [0, 0.1) is 3.57 Å². The zero-order chi connectivity index (χ0) is 11.4. The Morgan fingerprint density at radius 3 is 2.47 bits per heavy atom. The predicted octanol–water partition coefficient (Wildman–Crippen LogP) is 2.20. The van der Waals surface area contributed by atoms with Crippen LogP contribution in [0.3, 0.4) is 0 Å². The molecule has 1 N–H and O–H groups in total. The summed E-state index contributed by atoms with van der Waals surface area (Å²) in [6.45, 7) is 2.35. The van der Waals surface area contributed by atoms with E-state index in [0.717, 1.165) is 5.56 Å². The van der Waals surface area contributed by atoms with Crippen LogP contribution in [0.4, 0.5) is 0 Å². The number of carbonyl (C=O) groups is 1. The number of halogens is 1. The van der Waals surface area contributed by atoms with E-state index in [0.29, 0.717) is 6.54 Å². The van der Waals surface area contributed by atoms with Crippen LogP contribution in [0.2, 0.25) is 0 Å². The Morgan fingerprint density at radius 1 is 1.47 bits per heavy atom. The van der Waals surface area contributed by atoms with Gasteiger partial charge in [0.2, 0.25) is 0 Å². The van der Waals surface area contributed by atoms with E-state index in [1.807, 2.05) is 36.2 Å². The van der Waals surface area contributed by atoms with Crippen LogP contribution in [0.5, 0.6) is 0 Å². The summed E-state index contributed by atoms with van der Waals surface area (Å²) in [5.41, 5.74) is 1.13. The minimum Gasteiger partial charge on any atom is -0.480 e. The molecule has 4 heteroatoms. The van der Waals surface area contributed by atoms with Gasteiger partial charge in [0.25, 0.3) is 0 Å². The van der Waals surface area contributed by atoms with E-state index in [4.69, 9.17) is 5.11 Å². The summed E-state index contributed by atoms with van der Waals surface area (Å²) in [6.07, 6.45) is 0. The maximum Gasteiger partial charge on any atom is 0.320 e. The maximum absolute atomic E-state index is 10.7. The molecule has 0 bridgehead atoms. The van der Waals surface area contributed by atoms with E-state index >= 15 is 0 Å². The van der Waals surface area contributed by atoms with Crippen molar-refractivity contribution in [3.8, 4) is 0 Å². The number of likely N-dealkylation sites (N-methyl/N-ethyl adjacent to an activating group) is 1. The Kier molecular flexibility index (Phi) is 4.53. The number of hydrogen-bond donors (Lipinski definition) is 1. The third kappa shape index (κ3) is 3.79. The molecule has 0 saturated heterocycles. The summed E-state index contributed by atoms with van der Waals surface area (Å²) in [4.78, 5) is 12.6. The number of carboxylic acid groups (broad SMARTS) is 1. The van der Waals surface area contributed by atoms with E-state index in [9.17, 15) is 4.79 Å². The molecule has 0 fully saturated rings. The maximum atomic E-state index is 10.7. The molecule has 0 spiro atoms. The molecule has 82 valence electrons. The lowest BCUT2D eigenvalue weighted by atomic mass is 10.2. The van der Waals surface area contributed by atoms with Crippen LogP contribution in [0.1, 0.15) is 12.5 Å². The molecule has 0 aliphatic carbocycles. The van der Waals surface area contributed by atoms with Crippen molar-refractivity contribution >= 4 is 28.6 Å². The van der Waals surface area contributed by atoms with Gasteiger partial charge in [0.05, 0.1) is 0 Å². The van der Waals surface area contributed by atoms with Gasteiger partial charge in [0.15, 0.2) is 0 Å². The summed E-state index contributed by atoms with van der Waals surface area (Å²) < 4.78 is 1.19. The van der Waals surface area contributed by atoms with E-state index < -0.39 is 12.0 Å². The minimum atomic E-state index is -0.789. The molecule has 0 saturated carbocycles. The first-order chi connectivity index (χ1) is 7.00. The van der Waals surface area contributed by atoms with Crippen LogP contribution in [-0.2, 0) is 11.3 Å². The summed E-state index contributed by atoms with van der Waals surface area (Å²) in [6, 6.07) is 7.63. The van der Waals surface area contributed by atoms with Gasteiger partial charge < -0.3 is 5.11 Å². The van der Waals surface area contributed by atoms with Crippen molar-refractivity contribution in [2.24, 2.45) is 0 Å². The first kappa shape index (κ1) is 12.4. The van der Waals surface area contributed by atoms with E-state index in [1.54, 1.807) is 6.92 Å². The predicted molar refractivity (Wildman–Crippen MR) is 67.7 cm³/mol. The lowest BCUT2D eigenvalue weighted by Gasteiger charge is -2.20. The van der Waals surface area contributed by atoms with Crippen LogP contribution in [0.15, 0.2) is 24.3 Å². The van der Waals surface area contributed by atoms with Gasteiger partial charge in [-0.25, -0.2) is 0 Å². The molecule has 0 aliphatic heterocycles. The van der Waals surface area contributed by atoms with Gasteiger partial charge in [0, 0.05) is 10.1 Å². The molecule has 15 heavy (non-hydrogen) atoms. The molecule has 0 aromatic heterocycles. The molecule has 3 nitrogen and oxygen atoms in total. The van der Waals surface area contributed by atoms with Crippen molar-refractivity contribution in [2.75, 3.05) is 7.05 Å². The average molecular weight is 319 g/mol. The molecular weight excluding hydrogens is 305 g/mol. The fourth-order valence-corrected chi connectivity index (χ4v) is 1.56. The number of carboxylic acids is 1. The Morgan fingerprint density at radius 2 is 2.00 bits per heavy atom. The Bertz CT molecular complexity index is 337. The van der Waals surface area contributed by atoms with Crippen LogP contribution in [0.25, 0.3) is 0 Å². The highest BCUT2D eigenvalue weighted by atomic mass is 127. The van der Waals surface area contributed by atoms with Gasteiger partial charge >= 0.3 is 5.97 Å². The molecule has 0 amide bonds. The van der Waals surface area contributed by atoms with Gasteiger partial charge in [-0.15, -0.1) is 0 Å². The fourth-order valence-electron chi connectivity index (χ4n) is 1.20. The standard InChI is InChI=1S/C11H14INO2/c1-8(11(14)15)13(2)7-9-3-5-10(12)6-4-9/h3-6,8H,7H2,1-2H3,(H,14,15). The third-order valence-corrected chi connectivity index (χ3v) is 3.08. The van der Waals surface area contributed by atoms with Gasteiger partial charge in [-0.1, -0.05) is 12.1 Å². The first-order valence-electron chi connectivity index (χ1n) is 4.68. The van der Waals surface area contributed by atoms with Gasteiger partial charge in [0.1, 0.15) is 6.04 Å². The smallest absolute Gasteiger partial charge is 0.320 e. The lowest BCUT2D eigenvalue weighted by molar-refractivity contribution is -0.142. The summed E-state index contributed by atoms with van der Waals surface area (Å²) in [5.74, 6) is -0.789. The second-order valence-corrected chi connectivity index (χ2v) is 4.80. The SMILES string of the molecule is CC(C(=O)O)N(C)Cc1ccc(I)cc1. The van der Waals surface area contributed by atoms with Crippen molar-refractivity contribution in [1.29, 1.82) is 0 Å². The molecule has 0 radical (unpaired) electrons. The van der Waals surface area contributed by atoms with Gasteiger partial charge in [-0.3, -0.25) is 9.69 Å². The fraction of sp³-hybridized carbons (Fsp3) is 0.364. The monoisotopic (exact) mass is 319 g/mol. The Balaban J connectivity index is 2.62. The van der Waals surface area contributed by atoms with Crippen molar-refractivity contribution < 1.29 is 9.90 Å². The molecule has 1 aromatic carbocycles. The highest BCUT2D eigenvalue weighted by Crippen LogP contribution is 2.10. The largest absolute Gasteiger partial charge is 0.480 e. The molecule has 0 heterocycles. The van der Waals surface area contributed by atoms with E-state index in [-0.39, 0.29) is 0 Å². The number of nitrogens with zero attached hydrogens (tertiary/aromatic N) is 1. The zero-order valence-corrected chi connectivity index (χ0v) is 10.9. The number of benzene rings is 1. The van der Waals surface area contributed by atoms with E-state index in [2.05, 4.69) is 22.6 Å². The third-order valence-electron chi connectivity index (χ3n) is 2.36. The lowest BCUT2D eigenvalue weighted by Crippen LogP contribution is -2.35. The Labute approximate surface area is 103 Å². The molecule has 1 unspecified atom stereocenters. The van der Waals surface area contributed by atoms with Gasteiger partial charge in [-0.05, 0) is 54.3 Å². The first-order valence-corrected chi connectivity index (χ1v) is 5.76. The Hall–Kier alpha value is -0.620. The van der Waals surface area contributed by atoms with Crippen molar-refractivity contribution in [2.45, 2.75) is 19.5 Å². The highest BCUT2D eigenvalue weighted by molar-refractivity contribution is 14.1. The molecular formula is C11H14INO2. The molecule has 0 aliphatic rings. The summed E-state index contributed by atoms with van der Waals surface area (Å²) >= 11 is 2.25. The topological polar surface area (TPSA) is 40.5 Å². The number of hydrogen-bond acceptors (Lipinski definition) is 2. The highest BCUT2D eigenvalue weighted by Gasteiger charge is 2.16. The second kappa shape index (κ2) is 5.46.